The van der Waals surface area contributed by atoms with Crippen LogP contribution in [0.15, 0.2) is 28.7 Å². The molecule has 0 aromatic heterocycles. The van der Waals surface area contributed by atoms with E-state index < -0.39 is 12.0 Å². The molecule has 0 aliphatic rings. The van der Waals surface area contributed by atoms with Gasteiger partial charge in [-0.15, -0.1) is 0 Å². The highest BCUT2D eigenvalue weighted by molar-refractivity contribution is 9.10. The number of aliphatic carboxylic acids is 1. The fraction of sp³-hybridized carbons (Fsp3) is 0.364. The highest BCUT2D eigenvalue weighted by atomic mass is 79.9. The van der Waals surface area contributed by atoms with Crippen molar-refractivity contribution in [2.75, 3.05) is 5.32 Å². The predicted octanol–water partition coefficient (Wildman–Crippen LogP) is 3.11. The van der Waals surface area contributed by atoms with E-state index >= 15 is 0 Å². The Morgan fingerprint density at radius 1 is 1.53 bits per heavy atom. The fourth-order valence-corrected chi connectivity index (χ4v) is 1.71. The van der Waals surface area contributed by atoms with Gasteiger partial charge in [0.05, 0.1) is 0 Å². The van der Waals surface area contributed by atoms with Gasteiger partial charge in [-0.05, 0) is 34.5 Å². The maximum atomic E-state index is 10.9. The van der Waals surface area contributed by atoms with Crippen LogP contribution in [0.25, 0.3) is 0 Å². The monoisotopic (exact) mass is 271 g/mol. The number of hydrogen-bond acceptors (Lipinski definition) is 2. The molecule has 0 amide bonds. The van der Waals surface area contributed by atoms with Gasteiger partial charge < -0.3 is 10.4 Å². The van der Waals surface area contributed by atoms with Crippen LogP contribution in [0.1, 0.15) is 19.8 Å². The molecule has 1 unspecified atom stereocenters. The smallest absolute Gasteiger partial charge is 0.326 e. The van der Waals surface area contributed by atoms with Gasteiger partial charge in [-0.25, -0.2) is 4.79 Å². The lowest BCUT2D eigenvalue weighted by Gasteiger charge is -2.15. The highest BCUT2D eigenvalue weighted by Gasteiger charge is 2.16. The van der Waals surface area contributed by atoms with E-state index in [1.807, 2.05) is 31.2 Å². The van der Waals surface area contributed by atoms with Crippen molar-refractivity contribution in [3.63, 3.8) is 0 Å². The van der Waals surface area contributed by atoms with E-state index in [-0.39, 0.29) is 0 Å². The Hall–Kier alpha value is -1.03. The number of para-hydroxylation sites is 1. The Morgan fingerprint density at radius 2 is 2.20 bits per heavy atom. The molecule has 1 atom stereocenters. The fourth-order valence-electron chi connectivity index (χ4n) is 1.31. The molecule has 3 nitrogen and oxygen atoms in total. The third-order valence-electron chi connectivity index (χ3n) is 2.08. The molecule has 0 fully saturated rings. The molecule has 1 aromatic carbocycles. The topological polar surface area (TPSA) is 49.3 Å². The second-order valence-corrected chi connectivity index (χ2v) is 4.16. The number of halogens is 1. The molecular weight excluding hydrogens is 258 g/mol. The first-order valence-corrected chi connectivity index (χ1v) is 5.68. The second-order valence-electron chi connectivity index (χ2n) is 3.30. The molecule has 15 heavy (non-hydrogen) atoms. The van der Waals surface area contributed by atoms with E-state index in [0.29, 0.717) is 6.42 Å². The van der Waals surface area contributed by atoms with Crippen LogP contribution in [0.4, 0.5) is 5.69 Å². The maximum Gasteiger partial charge on any atom is 0.326 e. The molecule has 0 heterocycles. The first kappa shape index (κ1) is 12.0. The number of hydrogen-bond donors (Lipinski definition) is 2. The van der Waals surface area contributed by atoms with Crippen LogP contribution in [-0.2, 0) is 4.79 Å². The first-order valence-electron chi connectivity index (χ1n) is 4.89. The molecule has 2 N–H and O–H groups in total. The molecule has 0 saturated carbocycles. The van der Waals surface area contributed by atoms with Gasteiger partial charge in [0.15, 0.2) is 0 Å². The SMILES string of the molecule is CCCC(Nc1ccccc1Br)C(=O)O. The van der Waals surface area contributed by atoms with Gasteiger partial charge in [0.2, 0.25) is 0 Å². The summed E-state index contributed by atoms with van der Waals surface area (Å²) in [4.78, 5) is 10.9. The summed E-state index contributed by atoms with van der Waals surface area (Å²) in [7, 11) is 0. The summed E-state index contributed by atoms with van der Waals surface area (Å²) in [5.41, 5.74) is 0.818. The minimum absolute atomic E-state index is 0.520. The van der Waals surface area contributed by atoms with E-state index in [1.165, 1.54) is 0 Å². The van der Waals surface area contributed by atoms with Crippen LogP contribution in [-0.4, -0.2) is 17.1 Å². The standard InChI is InChI=1S/C11H14BrNO2/c1-2-5-10(11(14)15)13-9-7-4-3-6-8(9)12/h3-4,6-7,10,13H,2,5H2,1H3,(H,14,15). The zero-order valence-corrected chi connectivity index (χ0v) is 10.1. The van der Waals surface area contributed by atoms with Crippen molar-refractivity contribution < 1.29 is 9.90 Å². The largest absolute Gasteiger partial charge is 0.480 e. The number of carboxylic acid groups (broad SMARTS) is 1. The summed E-state index contributed by atoms with van der Waals surface area (Å²) in [6.07, 6.45) is 1.46. The molecule has 1 rings (SSSR count). The van der Waals surface area contributed by atoms with Crippen LogP contribution in [0.5, 0.6) is 0 Å². The van der Waals surface area contributed by atoms with Crippen molar-refractivity contribution in [1.82, 2.24) is 0 Å². The Balaban J connectivity index is 2.74. The van der Waals surface area contributed by atoms with Crippen molar-refractivity contribution in [2.45, 2.75) is 25.8 Å². The van der Waals surface area contributed by atoms with Gasteiger partial charge in [-0.3, -0.25) is 0 Å². The zero-order chi connectivity index (χ0) is 11.3. The number of benzene rings is 1. The van der Waals surface area contributed by atoms with Gasteiger partial charge in [-0.2, -0.15) is 0 Å². The molecular formula is C11H14BrNO2. The Morgan fingerprint density at radius 3 is 2.73 bits per heavy atom. The molecule has 0 spiro atoms. The third-order valence-corrected chi connectivity index (χ3v) is 2.77. The Kier molecular flexibility index (Phi) is 4.62. The molecule has 0 bridgehead atoms. The summed E-state index contributed by atoms with van der Waals surface area (Å²) in [5.74, 6) is -0.812. The quantitative estimate of drug-likeness (QED) is 0.865. The van der Waals surface area contributed by atoms with Gasteiger partial charge in [-0.1, -0.05) is 25.5 Å². The second kappa shape index (κ2) is 5.75. The highest BCUT2D eigenvalue weighted by Crippen LogP contribution is 2.22. The van der Waals surface area contributed by atoms with Crippen molar-refractivity contribution in [2.24, 2.45) is 0 Å². The molecule has 4 heteroatoms. The summed E-state index contributed by atoms with van der Waals surface area (Å²) in [5, 5.41) is 12.0. The Bertz CT molecular complexity index is 341. The number of nitrogens with one attached hydrogen (secondary N) is 1. The summed E-state index contributed by atoms with van der Waals surface area (Å²) in [6, 6.07) is 6.99. The average molecular weight is 272 g/mol. The van der Waals surface area contributed by atoms with Gasteiger partial charge in [0.25, 0.3) is 0 Å². The van der Waals surface area contributed by atoms with Crippen molar-refractivity contribution in [3.8, 4) is 0 Å². The van der Waals surface area contributed by atoms with Crippen LogP contribution < -0.4 is 5.32 Å². The maximum absolute atomic E-state index is 10.9. The summed E-state index contributed by atoms with van der Waals surface area (Å²) >= 11 is 3.37. The van der Waals surface area contributed by atoms with Gasteiger partial charge in [0.1, 0.15) is 6.04 Å². The van der Waals surface area contributed by atoms with Gasteiger partial charge in [0, 0.05) is 10.2 Å². The molecule has 0 radical (unpaired) electrons. The van der Waals surface area contributed by atoms with E-state index in [0.717, 1.165) is 16.6 Å². The number of anilines is 1. The lowest BCUT2D eigenvalue weighted by molar-refractivity contribution is -0.138. The normalized spacial score (nSPS) is 12.1. The van der Waals surface area contributed by atoms with Crippen molar-refractivity contribution in [3.05, 3.63) is 28.7 Å². The number of rotatable bonds is 5. The van der Waals surface area contributed by atoms with Crippen LogP contribution in [0.3, 0.4) is 0 Å². The minimum Gasteiger partial charge on any atom is -0.480 e. The van der Waals surface area contributed by atoms with E-state index in [9.17, 15) is 4.79 Å². The van der Waals surface area contributed by atoms with Crippen LogP contribution in [0, 0.1) is 0 Å². The summed E-state index contributed by atoms with van der Waals surface area (Å²) < 4.78 is 0.882. The van der Waals surface area contributed by atoms with Gasteiger partial charge >= 0.3 is 5.97 Å². The lowest BCUT2D eigenvalue weighted by atomic mass is 10.1. The molecule has 82 valence electrons. The summed E-state index contributed by atoms with van der Waals surface area (Å²) in [6.45, 7) is 1.97. The van der Waals surface area contributed by atoms with Crippen molar-refractivity contribution in [1.29, 1.82) is 0 Å². The minimum atomic E-state index is -0.812. The first-order chi connectivity index (χ1) is 7.15. The molecule has 0 saturated heterocycles. The number of carbonyl (C=O) groups is 1. The third kappa shape index (κ3) is 3.55. The lowest BCUT2D eigenvalue weighted by Crippen LogP contribution is -2.29. The molecule has 0 aliphatic heterocycles. The van der Waals surface area contributed by atoms with Crippen LogP contribution >= 0.6 is 15.9 Å². The van der Waals surface area contributed by atoms with Crippen LogP contribution in [0.2, 0.25) is 0 Å². The zero-order valence-electron chi connectivity index (χ0n) is 8.53. The van der Waals surface area contributed by atoms with E-state index in [4.69, 9.17) is 5.11 Å². The van der Waals surface area contributed by atoms with E-state index in [1.54, 1.807) is 0 Å². The van der Waals surface area contributed by atoms with Crippen molar-refractivity contribution >= 4 is 27.6 Å². The molecule has 1 aromatic rings. The van der Waals surface area contributed by atoms with E-state index in [2.05, 4.69) is 21.2 Å². The Labute approximate surface area is 97.6 Å². The average Bonchev–Trinajstić information content (AvgIpc) is 2.20. The predicted molar refractivity (Wildman–Crippen MR) is 64.1 cm³/mol. The molecule has 0 aliphatic carbocycles. The number of carboxylic acids is 1.